The zero-order valence-electron chi connectivity index (χ0n) is 12.9. The number of methoxy groups -OCH3 is 2. The smallest absolute Gasteiger partial charge is 0.148 e. The molecule has 2 aromatic carbocycles. The molecule has 2 N–H and O–H groups in total. The summed E-state index contributed by atoms with van der Waals surface area (Å²) >= 11 is 0. The lowest BCUT2D eigenvalue weighted by molar-refractivity contribution is 0.340. The van der Waals surface area contributed by atoms with E-state index in [4.69, 9.17) is 19.9 Å². The number of nitrogens with zero attached hydrogens (tertiary/aromatic N) is 2. The van der Waals surface area contributed by atoms with E-state index in [9.17, 15) is 0 Å². The fourth-order valence-corrected chi connectivity index (χ4v) is 1.87. The highest BCUT2D eigenvalue weighted by atomic mass is 16.5. The van der Waals surface area contributed by atoms with Crippen LogP contribution >= 0.6 is 0 Å². The second-order valence-corrected chi connectivity index (χ2v) is 4.39. The minimum absolute atomic E-state index is 0.486. The monoisotopic (exact) mass is 301 g/mol. The molecule has 2 rings (SSSR count). The number of hydrogen-bond donors (Lipinski definition) is 1. The second kappa shape index (κ2) is 7.31. The molecule has 0 atom stereocenters. The van der Waals surface area contributed by atoms with E-state index in [0.29, 0.717) is 35.2 Å². The van der Waals surface area contributed by atoms with Crippen LogP contribution in [0.4, 0.5) is 17.1 Å². The van der Waals surface area contributed by atoms with Crippen molar-refractivity contribution >= 4 is 17.1 Å². The first-order chi connectivity index (χ1) is 10.7. The van der Waals surface area contributed by atoms with Crippen molar-refractivity contribution in [2.45, 2.75) is 6.92 Å². The number of rotatable bonds is 6. The summed E-state index contributed by atoms with van der Waals surface area (Å²) in [5, 5.41) is 8.38. The summed E-state index contributed by atoms with van der Waals surface area (Å²) in [4.78, 5) is 0. The van der Waals surface area contributed by atoms with Crippen molar-refractivity contribution in [1.82, 2.24) is 0 Å². The van der Waals surface area contributed by atoms with Gasteiger partial charge in [-0.15, -0.1) is 5.11 Å². The van der Waals surface area contributed by atoms with Crippen molar-refractivity contribution in [3.05, 3.63) is 36.4 Å². The van der Waals surface area contributed by atoms with E-state index >= 15 is 0 Å². The minimum atomic E-state index is 0.486. The molecule has 0 heterocycles. The van der Waals surface area contributed by atoms with Crippen LogP contribution in [0.5, 0.6) is 17.2 Å². The van der Waals surface area contributed by atoms with E-state index in [1.165, 1.54) is 0 Å². The molecule has 6 heteroatoms. The molecule has 0 fully saturated rings. The Balaban J connectivity index is 2.25. The Hall–Kier alpha value is -2.76. The van der Waals surface area contributed by atoms with Crippen LogP contribution in [-0.2, 0) is 0 Å². The molecule has 0 aliphatic carbocycles. The number of azo groups is 1. The van der Waals surface area contributed by atoms with Gasteiger partial charge in [0.05, 0.1) is 32.2 Å². The van der Waals surface area contributed by atoms with Crippen molar-refractivity contribution in [3.63, 3.8) is 0 Å². The van der Waals surface area contributed by atoms with Crippen molar-refractivity contribution in [1.29, 1.82) is 0 Å². The first kappa shape index (κ1) is 15.6. The van der Waals surface area contributed by atoms with Crippen LogP contribution in [0.2, 0.25) is 0 Å². The summed E-state index contributed by atoms with van der Waals surface area (Å²) in [6, 6.07) is 10.7. The van der Waals surface area contributed by atoms with Crippen molar-refractivity contribution in [2.24, 2.45) is 10.2 Å². The van der Waals surface area contributed by atoms with Crippen LogP contribution in [0.15, 0.2) is 46.6 Å². The predicted molar refractivity (Wildman–Crippen MR) is 85.7 cm³/mol. The third-order valence-electron chi connectivity index (χ3n) is 2.95. The number of hydrogen-bond acceptors (Lipinski definition) is 6. The number of benzene rings is 2. The highest BCUT2D eigenvalue weighted by molar-refractivity contribution is 5.66. The highest BCUT2D eigenvalue weighted by Gasteiger charge is 2.08. The molecule has 0 aliphatic heterocycles. The van der Waals surface area contributed by atoms with Gasteiger partial charge in [-0.25, -0.2) is 0 Å². The van der Waals surface area contributed by atoms with Gasteiger partial charge in [-0.2, -0.15) is 5.11 Å². The lowest BCUT2D eigenvalue weighted by Crippen LogP contribution is -1.93. The van der Waals surface area contributed by atoms with E-state index in [2.05, 4.69) is 10.2 Å². The van der Waals surface area contributed by atoms with Crippen LogP contribution < -0.4 is 19.9 Å². The lowest BCUT2D eigenvalue weighted by atomic mass is 10.2. The molecular formula is C16H19N3O3. The molecule has 22 heavy (non-hydrogen) atoms. The summed E-state index contributed by atoms with van der Waals surface area (Å²) < 4.78 is 15.8. The standard InChI is InChI=1S/C16H19N3O3/c1-4-22-12-7-5-11(6-8-12)18-19-14-10-15(20-2)13(17)9-16(14)21-3/h5-10H,4,17H2,1-3H3. The molecule has 0 aromatic heterocycles. The number of nitrogen functional groups attached to an aromatic ring is 1. The fraction of sp³-hybridized carbons (Fsp3) is 0.250. The maximum Gasteiger partial charge on any atom is 0.148 e. The Kier molecular flexibility index (Phi) is 5.19. The second-order valence-electron chi connectivity index (χ2n) is 4.39. The summed E-state index contributed by atoms with van der Waals surface area (Å²) in [7, 11) is 3.10. The minimum Gasteiger partial charge on any atom is -0.495 e. The average Bonchev–Trinajstić information content (AvgIpc) is 2.55. The van der Waals surface area contributed by atoms with E-state index in [-0.39, 0.29) is 0 Å². The first-order valence-corrected chi connectivity index (χ1v) is 6.84. The van der Waals surface area contributed by atoms with Gasteiger partial charge in [-0.3, -0.25) is 0 Å². The Labute approximate surface area is 129 Å². The maximum absolute atomic E-state index is 5.84. The molecule has 0 aliphatic rings. The van der Waals surface area contributed by atoms with Gasteiger partial charge in [0.15, 0.2) is 0 Å². The highest BCUT2D eigenvalue weighted by Crippen LogP contribution is 2.37. The molecule has 0 unspecified atom stereocenters. The molecule has 0 amide bonds. The van der Waals surface area contributed by atoms with Crippen molar-refractivity contribution in [2.75, 3.05) is 26.6 Å². The molecule has 2 aromatic rings. The first-order valence-electron chi connectivity index (χ1n) is 6.84. The van der Waals surface area contributed by atoms with E-state index in [1.807, 2.05) is 31.2 Å². The molecule has 0 bridgehead atoms. The third kappa shape index (κ3) is 3.66. The van der Waals surface area contributed by atoms with Gasteiger partial charge in [-0.1, -0.05) is 0 Å². The summed E-state index contributed by atoms with van der Waals surface area (Å²) in [5.41, 5.74) is 7.58. The third-order valence-corrected chi connectivity index (χ3v) is 2.95. The zero-order chi connectivity index (χ0) is 15.9. The van der Waals surface area contributed by atoms with Crippen molar-refractivity contribution in [3.8, 4) is 17.2 Å². The summed E-state index contributed by atoms with van der Waals surface area (Å²) in [6.45, 7) is 2.57. The number of anilines is 1. The van der Waals surface area contributed by atoms with Gasteiger partial charge in [-0.05, 0) is 31.2 Å². The van der Waals surface area contributed by atoms with E-state index in [1.54, 1.807) is 26.4 Å². The van der Waals surface area contributed by atoms with Gasteiger partial charge in [0.25, 0.3) is 0 Å². The Morgan fingerprint density at radius 2 is 1.64 bits per heavy atom. The quantitative estimate of drug-likeness (QED) is 0.643. The largest absolute Gasteiger partial charge is 0.495 e. The number of ether oxygens (including phenoxy) is 3. The Morgan fingerprint density at radius 3 is 2.23 bits per heavy atom. The summed E-state index contributed by atoms with van der Waals surface area (Å²) in [5.74, 6) is 1.86. The predicted octanol–water partition coefficient (Wildman–Crippen LogP) is 4.10. The van der Waals surface area contributed by atoms with Crippen LogP contribution in [0.25, 0.3) is 0 Å². The normalized spacial score (nSPS) is 10.7. The van der Waals surface area contributed by atoms with Crippen LogP contribution in [-0.4, -0.2) is 20.8 Å². The molecule has 0 radical (unpaired) electrons. The fourth-order valence-electron chi connectivity index (χ4n) is 1.87. The zero-order valence-corrected chi connectivity index (χ0v) is 12.9. The van der Waals surface area contributed by atoms with Crippen LogP contribution in [0.3, 0.4) is 0 Å². The van der Waals surface area contributed by atoms with E-state index in [0.717, 1.165) is 5.75 Å². The Bertz CT molecular complexity index is 654. The number of nitrogens with two attached hydrogens (primary N) is 1. The summed E-state index contributed by atoms with van der Waals surface area (Å²) in [6.07, 6.45) is 0. The maximum atomic E-state index is 5.84. The molecule has 0 saturated carbocycles. The van der Waals surface area contributed by atoms with E-state index < -0.39 is 0 Å². The lowest BCUT2D eigenvalue weighted by Gasteiger charge is -2.09. The molecule has 0 spiro atoms. The SMILES string of the molecule is CCOc1ccc(N=Nc2cc(OC)c(N)cc2OC)cc1. The van der Waals surface area contributed by atoms with Gasteiger partial charge < -0.3 is 19.9 Å². The average molecular weight is 301 g/mol. The van der Waals surface area contributed by atoms with Crippen LogP contribution in [0, 0.1) is 0 Å². The van der Waals surface area contributed by atoms with Crippen LogP contribution in [0.1, 0.15) is 6.92 Å². The molecule has 6 nitrogen and oxygen atoms in total. The van der Waals surface area contributed by atoms with Gasteiger partial charge in [0, 0.05) is 12.1 Å². The molecule has 116 valence electrons. The van der Waals surface area contributed by atoms with Gasteiger partial charge >= 0.3 is 0 Å². The van der Waals surface area contributed by atoms with Crippen molar-refractivity contribution < 1.29 is 14.2 Å². The van der Waals surface area contributed by atoms with Gasteiger partial charge in [0.2, 0.25) is 0 Å². The topological polar surface area (TPSA) is 78.4 Å². The molecular weight excluding hydrogens is 282 g/mol. The molecule has 0 saturated heterocycles. The Morgan fingerprint density at radius 1 is 0.955 bits per heavy atom. The van der Waals surface area contributed by atoms with Gasteiger partial charge in [0.1, 0.15) is 22.9 Å².